The molecule has 1 unspecified atom stereocenters. The molecular weight excluding hydrogens is 284 g/mol. The van der Waals surface area contributed by atoms with Gasteiger partial charge in [-0.1, -0.05) is 36.7 Å². The Morgan fingerprint density at radius 2 is 1.95 bits per heavy atom. The molecule has 2 rings (SSSR count). The summed E-state index contributed by atoms with van der Waals surface area (Å²) in [5.74, 6) is -0.0885. The van der Waals surface area contributed by atoms with Gasteiger partial charge < -0.3 is 10.6 Å². The number of halogens is 1. The van der Waals surface area contributed by atoms with Crippen LogP contribution in [0.15, 0.2) is 48.5 Å². The number of anilines is 1. The number of hydrogen-bond acceptors (Lipinski definition) is 2. The molecule has 0 aromatic heterocycles. The summed E-state index contributed by atoms with van der Waals surface area (Å²) in [6, 6.07) is 15.5. The number of amides is 1. The van der Waals surface area contributed by atoms with Gasteiger partial charge in [0, 0.05) is 23.3 Å². The summed E-state index contributed by atoms with van der Waals surface area (Å²) < 4.78 is 0. The number of benzene rings is 2. The van der Waals surface area contributed by atoms with Crippen LogP contribution in [0.1, 0.15) is 35.3 Å². The van der Waals surface area contributed by atoms with Gasteiger partial charge in [-0.25, -0.2) is 0 Å². The van der Waals surface area contributed by atoms with Crippen LogP contribution in [0.3, 0.4) is 0 Å². The molecule has 0 aliphatic carbocycles. The van der Waals surface area contributed by atoms with Crippen molar-refractivity contribution >= 4 is 23.2 Å². The second kappa shape index (κ2) is 7.14. The first-order valence-corrected chi connectivity index (χ1v) is 7.36. The largest absolute Gasteiger partial charge is 0.378 e. The Morgan fingerprint density at radius 3 is 2.62 bits per heavy atom. The number of nitrogens with one attached hydrogen (secondary N) is 2. The highest BCUT2D eigenvalue weighted by molar-refractivity contribution is 6.30. The van der Waals surface area contributed by atoms with E-state index in [0.717, 1.165) is 22.7 Å². The van der Waals surface area contributed by atoms with Crippen molar-refractivity contribution in [2.75, 3.05) is 12.4 Å². The molecule has 0 aliphatic rings. The Morgan fingerprint density at radius 1 is 1.19 bits per heavy atom. The highest BCUT2D eigenvalue weighted by atomic mass is 35.5. The van der Waals surface area contributed by atoms with Crippen molar-refractivity contribution in [1.82, 2.24) is 5.32 Å². The number of carbonyl (C=O) groups excluding carboxylic acids is 1. The number of rotatable bonds is 5. The van der Waals surface area contributed by atoms with Crippen molar-refractivity contribution in [3.63, 3.8) is 0 Å². The SMILES string of the molecule is CCC(Nc1cccc(C(=O)NC)c1)c1cccc(Cl)c1. The zero-order valence-electron chi connectivity index (χ0n) is 12.2. The molecule has 0 fully saturated rings. The second-order valence-corrected chi connectivity index (χ2v) is 5.26. The lowest BCUT2D eigenvalue weighted by Crippen LogP contribution is -2.18. The molecule has 0 spiro atoms. The topological polar surface area (TPSA) is 41.1 Å². The summed E-state index contributed by atoms with van der Waals surface area (Å²) in [6.07, 6.45) is 0.921. The molecule has 1 atom stereocenters. The highest BCUT2D eigenvalue weighted by Crippen LogP contribution is 2.25. The molecule has 0 aliphatic heterocycles. The molecule has 0 heterocycles. The molecule has 3 nitrogen and oxygen atoms in total. The molecular formula is C17H19ClN2O. The minimum absolute atomic E-state index is 0.0885. The molecule has 0 radical (unpaired) electrons. The van der Waals surface area contributed by atoms with Gasteiger partial charge in [-0.3, -0.25) is 4.79 Å². The lowest BCUT2D eigenvalue weighted by molar-refractivity contribution is 0.0963. The molecule has 0 bridgehead atoms. The van der Waals surface area contributed by atoms with E-state index in [1.54, 1.807) is 13.1 Å². The van der Waals surface area contributed by atoms with Crippen molar-refractivity contribution in [2.24, 2.45) is 0 Å². The van der Waals surface area contributed by atoms with Gasteiger partial charge >= 0.3 is 0 Å². The average Bonchev–Trinajstić information content (AvgIpc) is 2.52. The predicted octanol–water partition coefficient (Wildman–Crippen LogP) is 4.26. The van der Waals surface area contributed by atoms with Crippen LogP contribution < -0.4 is 10.6 Å². The van der Waals surface area contributed by atoms with Crippen LogP contribution in [0.25, 0.3) is 0 Å². The van der Waals surface area contributed by atoms with Gasteiger partial charge in [-0.05, 0) is 42.3 Å². The first-order chi connectivity index (χ1) is 10.1. The maximum atomic E-state index is 11.7. The van der Waals surface area contributed by atoms with E-state index in [0.29, 0.717) is 5.56 Å². The van der Waals surface area contributed by atoms with Gasteiger partial charge in [-0.15, -0.1) is 0 Å². The van der Waals surface area contributed by atoms with Crippen LogP contribution in [-0.4, -0.2) is 13.0 Å². The van der Waals surface area contributed by atoms with Crippen molar-refractivity contribution < 1.29 is 4.79 Å². The van der Waals surface area contributed by atoms with Crippen molar-refractivity contribution in [2.45, 2.75) is 19.4 Å². The Balaban J connectivity index is 2.21. The van der Waals surface area contributed by atoms with Crippen molar-refractivity contribution in [3.05, 3.63) is 64.7 Å². The van der Waals surface area contributed by atoms with Gasteiger partial charge in [0.2, 0.25) is 0 Å². The van der Waals surface area contributed by atoms with Gasteiger partial charge in [0.25, 0.3) is 5.91 Å². The Labute approximate surface area is 130 Å². The monoisotopic (exact) mass is 302 g/mol. The van der Waals surface area contributed by atoms with E-state index in [1.807, 2.05) is 36.4 Å². The predicted molar refractivity (Wildman–Crippen MR) is 87.9 cm³/mol. The third kappa shape index (κ3) is 3.99. The smallest absolute Gasteiger partial charge is 0.251 e. The summed E-state index contributed by atoms with van der Waals surface area (Å²) in [7, 11) is 1.63. The zero-order valence-corrected chi connectivity index (χ0v) is 12.9. The van der Waals surface area contributed by atoms with Crippen molar-refractivity contribution in [1.29, 1.82) is 0 Å². The van der Waals surface area contributed by atoms with Crippen LogP contribution in [-0.2, 0) is 0 Å². The molecule has 0 saturated heterocycles. The summed E-state index contributed by atoms with van der Waals surface area (Å²) in [5.41, 5.74) is 2.70. The molecule has 0 saturated carbocycles. The third-order valence-corrected chi connectivity index (χ3v) is 3.59. The maximum Gasteiger partial charge on any atom is 0.251 e. The summed E-state index contributed by atoms with van der Waals surface area (Å²) in [5, 5.41) is 6.81. The molecule has 2 N–H and O–H groups in total. The highest BCUT2D eigenvalue weighted by Gasteiger charge is 2.11. The van der Waals surface area contributed by atoms with E-state index in [4.69, 9.17) is 11.6 Å². The number of carbonyl (C=O) groups is 1. The van der Waals surface area contributed by atoms with Gasteiger partial charge in [0.05, 0.1) is 6.04 Å². The van der Waals surface area contributed by atoms with Crippen LogP contribution in [0.2, 0.25) is 5.02 Å². The van der Waals surface area contributed by atoms with E-state index in [-0.39, 0.29) is 11.9 Å². The fourth-order valence-corrected chi connectivity index (χ4v) is 2.44. The molecule has 2 aromatic rings. The van der Waals surface area contributed by atoms with E-state index in [9.17, 15) is 4.79 Å². The lowest BCUT2D eigenvalue weighted by Gasteiger charge is -2.19. The minimum atomic E-state index is -0.0885. The standard InChI is InChI=1S/C17H19ClN2O/c1-3-16(12-6-4-8-14(18)10-12)20-15-9-5-7-13(11-15)17(21)19-2/h4-11,16,20H,3H2,1-2H3,(H,19,21). The van der Waals surface area contributed by atoms with Crippen LogP contribution >= 0.6 is 11.6 Å². The van der Waals surface area contributed by atoms with E-state index >= 15 is 0 Å². The summed E-state index contributed by atoms with van der Waals surface area (Å²) >= 11 is 6.05. The molecule has 1 amide bonds. The number of hydrogen-bond donors (Lipinski definition) is 2. The van der Waals surface area contributed by atoms with Crippen molar-refractivity contribution in [3.8, 4) is 0 Å². The molecule has 4 heteroatoms. The maximum absolute atomic E-state index is 11.7. The van der Waals surface area contributed by atoms with Gasteiger partial charge in [0.1, 0.15) is 0 Å². The normalized spacial score (nSPS) is 11.8. The Hall–Kier alpha value is -2.00. The van der Waals surface area contributed by atoms with Gasteiger partial charge in [0.15, 0.2) is 0 Å². The quantitative estimate of drug-likeness (QED) is 0.866. The molecule has 2 aromatic carbocycles. The second-order valence-electron chi connectivity index (χ2n) is 4.82. The van der Waals surface area contributed by atoms with E-state index in [2.05, 4.69) is 23.6 Å². The zero-order chi connectivity index (χ0) is 15.2. The third-order valence-electron chi connectivity index (χ3n) is 3.35. The van der Waals surface area contributed by atoms with Crippen LogP contribution in [0.5, 0.6) is 0 Å². The average molecular weight is 303 g/mol. The van der Waals surface area contributed by atoms with Crippen LogP contribution in [0, 0.1) is 0 Å². The molecule has 21 heavy (non-hydrogen) atoms. The fraction of sp³-hybridized carbons (Fsp3) is 0.235. The Bertz CT molecular complexity index is 628. The first-order valence-electron chi connectivity index (χ1n) is 6.98. The van der Waals surface area contributed by atoms with E-state index in [1.165, 1.54) is 0 Å². The Kier molecular flexibility index (Phi) is 5.23. The minimum Gasteiger partial charge on any atom is -0.378 e. The van der Waals surface area contributed by atoms with E-state index < -0.39 is 0 Å². The van der Waals surface area contributed by atoms with Crippen LogP contribution in [0.4, 0.5) is 5.69 Å². The molecule has 110 valence electrons. The first kappa shape index (κ1) is 15.4. The van der Waals surface area contributed by atoms with Gasteiger partial charge in [-0.2, -0.15) is 0 Å². The summed E-state index contributed by atoms with van der Waals surface area (Å²) in [6.45, 7) is 2.11. The summed E-state index contributed by atoms with van der Waals surface area (Å²) in [4.78, 5) is 11.7. The lowest BCUT2D eigenvalue weighted by atomic mass is 10.0. The fourth-order valence-electron chi connectivity index (χ4n) is 2.24.